The lowest BCUT2D eigenvalue weighted by Gasteiger charge is -2.07. The first-order chi connectivity index (χ1) is 10.1. The Balaban J connectivity index is 2.19. The molecule has 0 saturated heterocycles. The number of nitrogens with one attached hydrogen (secondary N) is 1. The van der Waals surface area contributed by atoms with Crippen molar-refractivity contribution in [3.05, 3.63) is 65.1 Å². The van der Waals surface area contributed by atoms with E-state index >= 15 is 0 Å². The maximum absolute atomic E-state index is 11.1. The van der Waals surface area contributed by atoms with Crippen molar-refractivity contribution in [2.24, 2.45) is 0 Å². The molecule has 0 bridgehead atoms. The van der Waals surface area contributed by atoms with E-state index in [0.29, 0.717) is 10.7 Å². The van der Waals surface area contributed by atoms with E-state index in [2.05, 4.69) is 15.2 Å². The fraction of sp³-hybridized carbons (Fsp3) is 0. The summed E-state index contributed by atoms with van der Waals surface area (Å²) < 4.78 is 0. The van der Waals surface area contributed by atoms with Gasteiger partial charge in [0.05, 0.1) is 5.52 Å². The standard InChI is InChI=1S/C15H10ClN3O2/c16-15-12-6-9(3-4-13(12)18-19-15)11(7-14(20)21)10-2-1-5-17-8-10/h1-8H,(H,18,19)(H,20,21)/b11-7+. The van der Waals surface area contributed by atoms with Crippen molar-refractivity contribution in [3.63, 3.8) is 0 Å². The quantitative estimate of drug-likeness (QED) is 0.728. The molecule has 5 nitrogen and oxygen atoms in total. The van der Waals surface area contributed by atoms with E-state index in [4.69, 9.17) is 16.7 Å². The number of carbonyl (C=O) groups is 1. The molecule has 2 heterocycles. The molecule has 0 aliphatic carbocycles. The van der Waals surface area contributed by atoms with E-state index in [1.54, 1.807) is 30.6 Å². The van der Waals surface area contributed by atoms with Crippen LogP contribution in [0.15, 0.2) is 48.8 Å². The number of hydrogen-bond donors (Lipinski definition) is 2. The van der Waals surface area contributed by atoms with E-state index < -0.39 is 5.97 Å². The molecular weight excluding hydrogens is 290 g/mol. The van der Waals surface area contributed by atoms with Crippen molar-refractivity contribution < 1.29 is 9.90 Å². The molecule has 0 fully saturated rings. The van der Waals surface area contributed by atoms with Gasteiger partial charge in [0.15, 0.2) is 0 Å². The van der Waals surface area contributed by atoms with Gasteiger partial charge in [-0.05, 0) is 29.3 Å². The predicted molar refractivity (Wildman–Crippen MR) is 80.1 cm³/mol. The van der Waals surface area contributed by atoms with E-state index in [1.165, 1.54) is 0 Å². The van der Waals surface area contributed by atoms with Gasteiger partial charge in [-0.3, -0.25) is 10.1 Å². The second-order valence-corrected chi connectivity index (χ2v) is 4.79. The van der Waals surface area contributed by atoms with E-state index in [9.17, 15) is 4.79 Å². The number of carboxylic acids is 1. The van der Waals surface area contributed by atoms with Crippen LogP contribution < -0.4 is 0 Å². The van der Waals surface area contributed by atoms with Crippen LogP contribution in [0.2, 0.25) is 5.15 Å². The van der Waals surface area contributed by atoms with Gasteiger partial charge in [0.25, 0.3) is 0 Å². The number of fused-ring (bicyclic) bond motifs is 1. The monoisotopic (exact) mass is 299 g/mol. The summed E-state index contributed by atoms with van der Waals surface area (Å²) in [5.41, 5.74) is 2.75. The third kappa shape index (κ3) is 2.64. The number of pyridine rings is 1. The highest BCUT2D eigenvalue weighted by Gasteiger charge is 2.10. The molecule has 2 aromatic heterocycles. The van der Waals surface area contributed by atoms with Gasteiger partial charge in [-0.1, -0.05) is 23.7 Å². The fourth-order valence-electron chi connectivity index (χ4n) is 2.13. The van der Waals surface area contributed by atoms with Crippen LogP contribution in [0.25, 0.3) is 16.5 Å². The number of benzene rings is 1. The van der Waals surface area contributed by atoms with Crippen LogP contribution in [-0.4, -0.2) is 26.3 Å². The fourth-order valence-corrected chi connectivity index (χ4v) is 2.32. The average Bonchev–Trinajstić information content (AvgIpc) is 2.86. The number of aliphatic carboxylic acids is 1. The molecule has 0 saturated carbocycles. The summed E-state index contributed by atoms with van der Waals surface area (Å²) in [6, 6.07) is 8.97. The molecule has 0 amide bonds. The average molecular weight is 300 g/mol. The Bertz CT molecular complexity index is 841. The Morgan fingerprint density at radius 1 is 1.29 bits per heavy atom. The van der Waals surface area contributed by atoms with Crippen molar-refractivity contribution in [3.8, 4) is 0 Å². The number of H-pyrrole nitrogens is 1. The Kier molecular flexibility index (Phi) is 3.41. The number of carboxylic acid groups (broad SMARTS) is 1. The summed E-state index contributed by atoms with van der Waals surface area (Å²) in [7, 11) is 0. The van der Waals surface area contributed by atoms with Gasteiger partial charge < -0.3 is 5.11 Å². The Hall–Kier alpha value is -2.66. The highest BCUT2D eigenvalue weighted by atomic mass is 35.5. The highest BCUT2D eigenvalue weighted by Crippen LogP contribution is 2.28. The van der Waals surface area contributed by atoms with Crippen LogP contribution in [-0.2, 0) is 4.79 Å². The molecule has 3 rings (SSSR count). The zero-order valence-corrected chi connectivity index (χ0v) is 11.5. The van der Waals surface area contributed by atoms with E-state index in [-0.39, 0.29) is 0 Å². The summed E-state index contributed by atoms with van der Waals surface area (Å²) in [6.07, 6.45) is 4.42. The molecule has 104 valence electrons. The molecule has 0 unspecified atom stereocenters. The summed E-state index contributed by atoms with van der Waals surface area (Å²) in [5, 5.41) is 17.0. The molecule has 0 aliphatic heterocycles. The Labute approximate surface area is 124 Å². The minimum absolute atomic E-state index is 0.424. The van der Waals surface area contributed by atoms with Gasteiger partial charge in [-0.2, -0.15) is 5.10 Å². The highest BCUT2D eigenvalue weighted by molar-refractivity contribution is 6.34. The lowest BCUT2D eigenvalue weighted by atomic mass is 9.98. The van der Waals surface area contributed by atoms with Crippen LogP contribution in [0.5, 0.6) is 0 Å². The van der Waals surface area contributed by atoms with Crippen LogP contribution in [0, 0.1) is 0 Å². The number of halogens is 1. The van der Waals surface area contributed by atoms with Crippen molar-refractivity contribution in [1.82, 2.24) is 15.2 Å². The molecule has 2 N–H and O–H groups in total. The lowest BCUT2D eigenvalue weighted by Crippen LogP contribution is -1.95. The maximum atomic E-state index is 11.1. The zero-order valence-electron chi connectivity index (χ0n) is 10.7. The first-order valence-corrected chi connectivity index (χ1v) is 6.52. The Morgan fingerprint density at radius 3 is 2.86 bits per heavy atom. The summed E-state index contributed by atoms with van der Waals surface area (Å²) in [6.45, 7) is 0. The van der Waals surface area contributed by atoms with Crippen LogP contribution in [0.1, 0.15) is 11.1 Å². The number of rotatable bonds is 3. The van der Waals surface area contributed by atoms with Crippen molar-refractivity contribution in [2.45, 2.75) is 0 Å². The largest absolute Gasteiger partial charge is 0.478 e. The summed E-state index contributed by atoms with van der Waals surface area (Å²) in [5.74, 6) is -1.02. The predicted octanol–water partition coefficient (Wildman–Crippen LogP) is 3.13. The summed E-state index contributed by atoms with van der Waals surface area (Å²) >= 11 is 6.03. The Morgan fingerprint density at radius 2 is 2.14 bits per heavy atom. The lowest BCUT2D eigenvalue weighted by molar-refractivity contribution is -0.131. The second-order valence-electron chi connectivity index (χ2n) is 4.41. The van der Waals surface area contributed by atoms with Gasteiger partial charge in [0, 0.05) is 29.4 Å². The molecule has 0 aliphatic rings. The van der Waals surface area contributed by atoms with Crippen LogP contribution in [0.3, 0.4) is 0 Å². The molecule has 0 radical (unpaired) electrons. The minimum Gasteiger partial charge on any atom is -0.478 e. The third-order valence-electron chi connectivity index (χ3n) is 3.06. The van der Waals surface area contributed by atoms with Gasteiger partial charge in [0.2, 0.25) is 0 Å². The SMILES string of the molecule is O=C(O)/C=C(/c1cccnc1)c1ccc2n[nH]c(Cl)c2c1. The number of nitrogens with zero attached hydrogens (tertiary/aromatic N) is 2. The normalized spacial score (nSPS) is 11.8. The van der Waals surface area contributed by atoms with Crippen molar-refractivity contribution >= 4 is 34.0 Å². The third-order valence-corrected chi connectivity index (χ3v) is 3.35. The second kappa shape index (κ2) is 5.38. The van der Waals surface area contributed by atoms with Gasteiger partial charge >= 0.3 is 5.97 Å². The summed E-state index contributed by atoms with van der Waals surface area (Å²) in [4.78, 5) is 15.1. The van der Waals surface area contributed by atoms with E-state index in [1.807, 2.05) is 12.1 Å². The smallest absolute Gasteiger partial charge is 0.328 e. The van der Waals surface area contributed by atoms with E-state index in [0.717, 1.165) is 28.1 Å². The topological polar surface area (TPSA) is 78.9 Å². The molecule has 3 aromatic rings. The molecule has 6 heteroatoms. The van der Waals surface area contributed by atoms with Crippen molar-refractivity contribution in [1.29, 1.82) is 0 Å². The molecule has 21 heavy (non-hydrogen) atoms. The zero-order chi connectivity index (χ0) is 14.8. The number of aromatic nitrogens is 3. The first kappa shape index (κ1) is 13.3. The maximum Gasteiger partial charge on any atom is 0.328 e. The number of aromatic amines is 1. The molecular formula is C15H10ClN3O2. The molecule has 0 atom stereocenters. The van der Waals surface area contributed by atoms with Gasteiger partial charge in [-0.25, -0.2) is 4.79 Å². The molecule has 1 aromatic carbocycles. The van der Waals surface area contributed by atoms with Gasteiger partial charge in [-0.15, -0.1) is 0 Å². The first-order valence-electron chi connectivity index (χ1n) is 6.14. The van der Waals surface area contributed by atoms with Crippen LogP contribution >= 0.6 is 11.6 Å². The van der Waals surface area contributed by atoms with Crippen molar-refractivity contribution in [2.75, 3.05) is 0 Å². The van der Waals surface area contributed by atoms with Crippen LogP contribution in [0.4, 0.5) is 0 Å². The molecule has 0 spiro atoms. The number of hydrogen-bond acceptors (Lipinski definition) is 3. The minimum atomic E-state index is -1.02. The van der Waals surface area contributed by atoms with Gasteiger partial charge in [0.1, 0.15) is 5.15 Å².